The Bertz CT molecular complexity index is 719. The number of nitrogens with zero attached hydrogens (tertiary/aromatic N) is 2. The number of benzene rings is 1. The zero-order chi connectivity index (χ0) is 14.1. The predicted octanol–water partition coefficient (Wildman–Crippen LogP) is 2.92. The molecule has 1 amide bonds. The minimum atomic E-state index is -0.423. The topological polar surface area (TPSA) is 65.8 Å². The molecule has 0 radical (unpaired) electrons. The van der Waals surface area contributed by atoms with E-state index < -0.39 is 6.04 Å². The van der Waals surface area contributed by atoms with Crippen LogP contribution in [-0.2, 0) is 0 Å². The molecule has 1 saturated carbocycles. The van der Waals surface area contributed by atoms with Gasteiger partial charge in [-0.15, -0.1) is 0 Å². The highest BCUT2D eigenvalue weighted by Gasteiger charge is 2.32. The Labute approximate surface area is 121 Å². The van der Waals surface area contributed by atoms with Crippen molar-refractivity contribution in [3.8, 4) is 6.07 Å². The molecule has 2 aromatic rings. The van der Waals surface area contributed by atoms with Gasteiger partial charge in [0.15, 0.2) is 0 Å². The van der Waals surface area contributed by atoms with Gasteiger partial charge in [-0.1, -0.05) is 29.8 Å². The first-order valence-electron chi connectivity index (χ1n) is 6.45. The molecule has 1 fully saturated rings. The van der Waals surface area contributed by atoms with Gasteiger partial charge in [-0.05, 0) is 30.9 Å². The van der Waals surface area contributed by atoms with E-state index >= 15 is 0 Å². The molecule has 20 heavy (non-hydrogen) atoms. The molecular formula is C15H12ClN3O. The molecule has 1 atom stereocenters. The van der Waals surface area contributed by atoms with Gasteiger partial charge >= 0.3 is 0 Å². The lowest BCUT2D eigenvalue weighted by molar-refractivity contribution is 0.0943. The fourth-order valence-corrected chi connectivity index (χ4v) is 2.44. The van der Waals surface area contributed by atoms with Crippen molar-refractivity contribution in [2.45, 2.75) is 18.9 Å². The van der Waals surface area contributed by atoms with Crippen LogP contribution in [0, 0.1) is 17.2 Å². The first-order chi connectivity index (χ1) is 9.69. The van der Waals surface area contributed by atoms with Gasteiger partial charge in [0, 0.05) is 5.39 Å². The van der Waals surface area contributed by atoms with E-state index in [-0.39, 0.29) is 17.0 Å². The third-order valence-corrected chi connectivity index (χ3v) is 3.64. The Hall–Kier alpha value is -2.12. The summed E-state index contributed by atoms with van der Waals surface area (Å²) < 4.78 is 0. The molecule has 0 saturated heterocycles. The maximum Gasteiger partial charge on any atom is 0.253 e. The highest BCUT2D eigenvalue weighted by Crippen LogP contribution is 2.32. The second kappa shape index (κ2) is 5.10. The third kappa shape index (κ3) is 2.45. The lowest BCUT2D eigenvalue weighted by Gasteiger charge is -2.12. The summed E-state index contributed by atoms with van der Waals surface area (Å²) in [5.74, 6) is 0.0106. The molecule has 1 heterocycles. The monoisotopic (exact) mass is 285 g/mol. The molecule has 1 aliphatic carbocycles. The minimum absolute atomic E-state index is 0.272. The second-order valence-electron chi connectivity index (χ2n) is 4.93. The number of halogens is 1. The zero-order valence-corrected chi connectivity index (χ0v) is 11.4. The standard InChI is InChI=1S/C15H12ClN3O/c16-14-7-11(10-3-1-2-4-12(10)18-14)15(20)19-13(8-17)9-5-6-9/h1-4,7,9,13H,5-6H2,(H,19,20). The molecule has 1 aromatic carbocycles. The van der Waals surface area contributed by atoms with Gasteiger partial charge in [-0.25, -0.2) is 4.98 Å². The molecule has 1 aliphatic rings. The van der Waals surface area contributed by atoms with Crippen LogP contribution < -0.4 is 5.32 Å². The number of amides is 1. The van der Waals surface area contributed by atoms with Crippen molar-refractivity contribution < 1.29 is 4.79 Å². The van der Waals surface area contributed by atoms with Crippen molar-refractivity contribution in [3.05, 3.63) is 41.0 Å². The fraction of sp³-hybridized carbons (Fsp3) is 0.267. The van der Waals surface area contributed by atoms with Crippen LogP contribution in [0.3, 0.4) is 0 Å². The van der Waals surface area contributed by atoms with Crippen LogP contribution in [0.15, 0.2) is 30.3 Å². The van der Waals surface area contributed by atoms with Gasteiger partial charge in [-0.2, -0.15) is 5.26 Å². The lowest BCUT2D eigenvalue weighted by atomic mass is 10.1. The molecule has 4 nitrogen and oxygen atoms in total. The molecular weight excluding hydrogens is 274 g/mol. The first-order valence-corrected chi connectivity index (χ1v) is 6.82. The van der Waals surface area contributed by atoms with Crippen LogP contribution >= 0.6 is 11.6 Å². The van der Waals surface area contributed by atoms with Gasteiger partial charge in [0.1, 0.15) is 11.2 Å². The van der Waals surface area contributed by atoms with E-state index in [2.05, 4.69) is 16.4 Å². The molecule has 0 bridgehead atoms. The van der Waals surface area contributed by atoms with Crippen LogP contribution in [0.1, 0.15) is 23.2 Å². The van der Waals surface area contributed by atoms with Gasteiger partial charge in [0.25, 0.3) is 5.91 Å². The van der Waals surface area contributed by atoms with Crippen molar-refractivity contribution in [2.24, 2.45) is 5.92 Å². The summed E-state index contributed by atoms with van der Waals surface area (Å²) in [6.07, 6.45) is 1.99. The Morgan fingerprint density at radius 1 is 1.45 bits per heavy atom. The number of nitriles is 1. The van der Waals surface area contributed by atoms with E-state index in [9.17, 15) is 4.79 Å². The van der Waals surface area contributed by atoms with Crippen LogP contribution in [0.25, 0.3) is 10.9 Å². The van der Waals surface area contributed by atoms with Crippen LogP contribution in [0.2, 0.25) is 5.15 Å². The summed E-state index contributed by atoms with van der Waals surface area (Å²) in [4.78, 5) is 16.5. The quantitative estimate of drug-likeness (QED) is 0.882. The van der Waals surface area contributed by atoms with Crippen molar-refractivity contribution in [3.63, 3.8) is 0 Å². The Balaban J connectivity index is 1.96. The van der Waals surface area contributed by atoms with Crippen molar-refractivity contribution in [1.29, 1.82) is 5.26 Å². The van der Waals surface area contributed by atoms with Gasteiger partial charge < -0.3 is 5.32 Å². The van der Waals surface area contributed by atoms with Gasteiger partial charge in [-0.3, -0.25) is 4.79 Å². The third-order valence-electron chi connectivity index (χ3n) is 3.45. The summed E-state index contributed by atoms with van der Waals surface area (Å²) in [7, 11) is 0. The highest BCUT2D eigenvalue weighted by molar-refractivity contribution is 6.30. The number of fused-ring (bicyclic) bond motifs is 1. The summed E-state index contributed by atoms with van der Waals surface area (Å²) in [6.45, 7) is 0. The predicted molar refractivity (Wildman–Crippen MR) is 76.3 cm³/mol. The average Bonchev–Trinajstić information content (AvgIpc) is 3.28. The Morgan fingerprint density at radius 2 is 2.20 bits per heavy atom. The van der Waals surface area contributed by atoms with Crippen LogP contribution in [0.5, 0.6) is 0 Å². The van der Waals surface area contributed by atoms with E-state index in [1.54, 1.807) is 12.1 Å². The molecule has 5 heteroatoms. The van der Waals surface area contributed by atoms with E-state index in [0.717, 1.165) is 18.2 Å². The van der Waals surface area contributed by atoms with E-state index in [1.165, 1.54) is 0 Å². The van der Waals surface area contributed by atoms with Gasteiger partial charge in [0.05, 0.1) is 17.1 Å². The molecule has 3 rings (SSSR count). The molecule has 0 spiro atoms. The van der Waals surface area contributed by atoms with Crippen LogP contribution in [-0.4, -0.2) is 16.9 Å². The maximum atomic E-state index is 12.4. The normalized spacial score (nSPS) is 15.6. The number of hydrogen-bond acceptors (Lipinski definition) is 3. The maximum absolute atomic E-state index is 12.4. The lowest BCUT2D eigenvalue weighted by Crippen LogP contribution is -2.35. The SMILES string of the molecule is N#CC(NC(=O)c1cc(Cl)nc2ccccc12)C1CC1. The molecule has 1 unspecified atom stereocenters. The number of rotatable bonds is 3. The number of carbonyl (C=O) groups is 1. The van der Waals surface area contributed by atoms with E-state index in [0.29, 0.717) is 11.1 Å². The Kier molecular flexibility index (Phi) is 3.29. The highest BCUT2D eigenvalue weighted by atomic mass is 35.5. The van der Waals surface area contributed by atoms with Crippen LogP contribution in [0.4, 0.5) is 0 Å². The average molecular weight is 286 g/mol. The number of nitrogens with one attached hydrogen (secondary N) is 1. The number of aromatic nitrogens is 1. The van der Waals surface area contributed by atoms with Crippen molar-refractivity contribution in [1.82, 2.24) is 10.3 Å². The molecule has 0 aliphatic heterocycles. The van der Waals surface area contributed by atoms with Crippen molar-refractivity contribution >= 4 is 28.4 Å². The summed E-state index contributed by atoms with van der Waals surface area (Å²) in [6, 6.07) is 10.6. The summed E-state index contributed by atoms with van der Waals surface area (Å²) in [5.41, 5.74) is 1.13. The summed E-state index contributed by atoms with van der Waals surface area (Å²) >= 11 is 5.96. The van der Waals surface area contributed by atoms with Gasteiger partial charge in [0.2, 0.25) is 0 Å². The number of carbonyl (C=O) groups excluding carboxylic acids is 1. The minimum Gasteiger partial charge on any atom is -0.336 e. The Morgan fingerprint density at radius 3 is 2.90 bits per heavy atom. The first kappa shape index (κ1) is 12.9. The van der Waals surface area contributed by atoms with Crippen molar-refractivity contribution in [2.75, 3.05) is 0 Å². The largest absolute Gasteiger partial charge is 0.336 e. The molecule has 100 valence electrons. The fourth-order valence-electron chi connectivity index (χ4n) is 2.24. The summed E-state index contributed by atoms with van der Waals surface area (Å²) in [5, 5.41) is 12.9. The number of hydrogen-bond donors (Lipinski definition) is 1. The van der Waals surface area contributed by atoms with E-state index in [4.69, 9.17) is 16.9 Å². The number of para-hydroxylation sites is 1. The molecule has 1 N–H and O–H groups in total. The molecule has 1 aromatic heterocycles. The zero-order valence-electron chi connectivity index (χ0n) is 10.6. The smallest absolute Gasteiger partial charge is 0.253 e. The number of pyridine rings is 1. The second-order valence-corrected chi connectivity index (χ2v) is 5.31. The van der Waals surface area contributed by atoms with E-state index in [1.807, 2.05) is 18.2 Å².